The number of amides is 1. The van der Waals surface area contributed by atoms with E-state index >= 15 is 0 Å². The first-order valence-corrected chi connectivity index (χ1v) is 14.2. The number of rotatable bonds is 7. The molecule has 5 rings (SSSR count). The van der Waals surface area contributed by atoms with E-state index in [0.717, 1.165) is 36.0 Å². The highest BCUT2D eigenvalue weighted by molar-refractivity contribution is 6.31. The molecule has 2 heterocycles. The lowest BCUT2D eigenvalue weighted by molar-refractivity contribution is -0.137. The maximum absolute atomic E-state index is 14.9. The van der Waals surface area contributed by atoms with E-state index in [9.17, 15) is 18.0 Å². The third-order valence-corrected chi connectivity index (χ3v) is 9.00. The zero-order valence-electron chi connectivity index (χ0n) is 23.1. The molecule has 0 radical (unpaired) electrons. The van der Waals surface area contributed by atoms with Crippen molar-refractivity contribution in [1.82, 2.24) is 24.6 Å². The molecule has 0 N–H and O–H groups in total. The third-order valence-electron chi connectivity index (χ3n) is 8.57. The van der Waals surface area contributed by atoms with Crippen molar-refractivity contribution < 1.29 is 18.0 Å². The summed E-state index contributed by atoms with van der Waals surface area (Å²) >= 11 is 6.23. The average Bonchev–Trinajstić information content (AvgIpc) is 3.54. The Labute approximate surface area is 238 Å². The fourth-order valence-electron chi connectivity index (χ4n) is 6.34. The van der Waals surface area contributed by atoms with Crippen molar-refractivity contribution >= 4 is 17.5 Å². The highest BCUT2D eigenvalue weighted by atomic mass is 35.5. The van der Waals surface area contributed by atoms with Gasteiger partial charge in [0.15, 0.2) is 0 Å². The van der Waals surface area contributed by atoms with E-state index in [0.29, 0.717) is 42.3 Å². The van der Waals surface area contributed by atoms with Crippen LogP contribution in [0.5, 0.6) is 0 Å². The summed E-state index contributed by atoms with van der Waals surface area (Å²) in [7, 11) is 1.83. The molecule has 1 saturated carbocycles. The maximum atomic E-state index is 14.9. The van der Waals surface area contributed by atoms with Gasteiger partial charge in [0.05, 0.1) is 5.69 Å². The molecular formula is C30H35ClF3N5O. The Balaban J connectivity index is 1.33. The molecule has 10 heteroatoms. The van der Waals surface area contributed by atoms with Gasteiger partial charge in [-0.05, 0) is 87.9 Å². The van der Waals surface area contributed by atoms with Crippen LogP contribution in [-0.4, -0.2) is 69.9 Å². The first-order chi connectivity index (χ1) is 19.2. The molecule has 0 bridgehead atoms. The molecule has 2 fully saturated rings. The van der Waals surface area contributed by atoms with Crippen molar-refractivity contribution in [1.29, 1.82) is 0 Å². The summed E-state index contributed by atoms with van der Waals surface area (Å²) in [5, 5.41) is 5.32. The fraction of sp³-hybridized carbons (Fsp3) is 0.500. The molecule has 1 aromatic heterocycles. The van der Waals surface area contributed by atoms with Crippen LogP contribution < -0.4 is 0 Å². The molecular weight excluding hydrogens is 539 g/mol. The number of halogens is 4. The van der Waals surface area contributed by atoms with Gasteiger partial charge in [-0.1, -0.05) is 17.7 Å². The van der Waals surface area contributed by atoms with Crippen molar-refractivity contribution in [2.75, 3.05) is 33.4 Å². The minimum absolute atomic E-state index is 0.0192. The van der Waals surface area contributed by atoms with Crippen LogP contribution >= 0.6 is 11.6 Å². The van der Waals surface area contributed by atoms with E-state index in [4.69, 9.17) is 16.6 Å². The van der Waals surface area contributed by atoms with Gasteiger partial charge < -0.3 is 9.80 Å². The van der Waals surface area contributed by atoms with Crippen molar-refractivity contribution in [2.24, 2.45) is 5.92 Å². The molecule has 0 spiro atoms. The highest BCUT2D eigenvalue weighted by Crippen LogP contribution is 2.44. The summed E-state index contributed by atoms with van der Waals surface area (Å²) in [6.45, 7) is 4.68. The van der Waals surface area contributed by atoms with Gasteiger partial charge in [-0.25, -0.2) is 22.8 Å². The van der Waals surface area contributed by atoms with Gasteiger partial charge in [0.1, 0.15) is 30.0 Å². The highest BCUT2D eigenvalue weighted by Gasteiger charge is 2.44. The summed E-state index contributed by atoms with van der Waals surface area (Å²) in [4.78, 5) is 22.4. The maximum Gasteiger partial charge on any atom is 0.226 e. The third kappa shape index (κ3) is 5.77. The van der Waals surface area contributed by atoms with Crippen LogP contribution in [0.4, 0.5) is 13.2 Å². The minimum atomic E-state index is -0.646. The molecule has 2 aliphatic rings. The molecule has 1 saturated heterocycles. The van der Waals surface area contributed by atoms with Crippen molar-refractivity contribution in [2.45, 2.75) is 57.4 Å². The number of carbonyl (C=O) groups is 1. The molecule has 214 valence electrons. The lowest BCUT2D eigenvalue weighted by Gasteiger charge is -2.34. The number of carbonyl (C=O) groups excluding carboxylic acids is 1. The van der Waals surface area contributed by atoms with E-state index in [1.165, 1.54) is 12.1 Å². The minimum Gasteiger partial charge on any atom is -0.342 e. The number of nitrogens with zero attached hydrogens (tertiary/aromatic N) is 5. The number of benzene rings is 2. The van der Waals surface area contributed by atoms with Gasteiger partial charge in [0.25, 0.3) is 0 Å². The number of alkyl halides is 1. The molecule has 6 nitrogen and oxygen atoms in total. The van der Waals surface area contributed by atoms with E-state index in [1.807, 2.05) is 53.6 Å². The second-order valence-corrected chi connectivity index (χ2v) is 11.5. The SMILES string of the molecule is Cc1nc(C2CCN(C(=O)C3CC(N(C)CCF)CC3c3ccc(F)cc3F)CC2)n(-c2ccc(Cl)c(C)c2)n1. The molecule has 3 atom stereocenters. The van der Waals surface area contributed by atoms with Crippen LogP contribution in [0, 0.1) is 31.4 Å². The number of likely N-dealkylation sites (tertiary alicyclic amines) is 1. The first kappa shape index (κ1) is 28.6. The zero-order valence-corrected chi connectivity index (χ0v) is 23.8. The van der Waals surface area contributed by atoms with Gasteiger partial charge >= 0.3 is 0 Å². The normalized spacial score (nSPS) is 21.9. The summed E-state index contributed by atoms with van der Waals surface area (Å²) < 4.78 is 43.5. The van der Waals surface area contributed by atoms with Crippen LogP contribution in [0.1, 0.15) is 60.3 Å². The lowest BCUT2D eigenvalue weighted by Crippen LogP contribution is -2.42. The van der Waals surface area contributed by atoms with Crippen LogP contribution in [0.3, 0.4) is 0 Å². The Hall–Kier alpha value is -2.91. The van der Waals surface area contributed by atoms with Gasteiger partial charge in [0, 0.05) is 48.6 Å². The quantitative estimate of drug-likeness (QED) is 0.349. The smallest absolute Gasteiger partial charge is 0.226 e. The first-order valence-electron chi connectivity index (χ1n) is 13.9. The van der Waals surface area contributed by atoms with E-state index in [-0.39, 0.29) is 24.4 Å². The topological polar surface area (TPSA) is 54.3 Å². The Bertz CT molecular complexity index is 1370. The molecule has 3 unspecified atom stereocenters. The number of piperidine rings is 1. The second-order valence-electron chi connectivity index (χ2n) is 11.1. The van der Waals surface area contributed by atoms with Gasteiger partial charge in [-0.3, -0.25) is 4.79 Å². The molecule has 1 amide bonds. The molecule has 1 aliphatic heterocycles. The predicted molar refractivity (Wildman–Crippen MR) is 149 cm³/mol. The van der Waals surface area contributed by atoms with Crippen LogP contribution in [0.25, 0.3) is 5.69 Å². The summed E-state index contributed by atoms with van der Waals surface area (Å²) in [5.74, 6) is -0.475. The molecule has 1 aliphatic carbocycles. The lowest BCUT2D eigenvalue weighted by atomic mass is 9.86. The summed E-state index contributed by atoms with van der Waals surface area (Å²) in [5.41, 5.74) is 2.21. The Morgan fingerprint density at radius 1 is 1.10 bits per heavy atom. The van der Waals surface area contributed by atoms with Crippen LogP contribution in [0.2, 0.25) is 5.02 Å². The predicted octanol–water partition coefficient (Wildman–Crippen LogP) is 5.99. The van der Waals surface area contributed by atoms with Crippen molar-refractivity contribution in [3.8, 4) is 5.69 Å². The number of aromatic nitrogens is 3. The van der Waals surface area contributed by atoms with Gasteiger partial charge in [-0.15, -0.1) is 0 Å². The molecule has 3 aromatic rings. The van der Waals surface area contributed by atoms with Crippen LogP contribution in [0.15, 0.2) is 36.4 Å². The molecule has 2 aromatic carbocycles. The second kappa shape index (κ2) is 11.9. The van der Waals surface area contributed by atoms with Crippen molar-refractivity contribution in [3.63, 3.8) is 0 Å². The fourth-order valence-corrected chi connectivity index (χ4v) is 6.46. The zero-order chi connectivity index (χ0) is 28.6. The van der Waals surface area contributed by atoms with E-state index in [2.05, 4.69) is 5.10 Å². The summed E-state index contributed by atoms with van der Waals surface area (Å²) in [6, 6.07) is 9.29. The Kier molecular flexibility index (Phi) is 8.52. The van der Waals surface area contributed by atoms with Gasteiger partial charge in [-0.2, -0.15) is 5.10 Å². The largest absolute Gasteiger partial charge is 0.342 e. The monoisotopic (exact) mass is 573 g/mol. The van der Waals surface area contributed by atoms with Crippen LogP contribution in [-0.2, 0) is 4.79 Å². The Morgan fingerprint density at radius 3 is 2.52 bits per heavy atom. The Morgan fingerprint density at radius 2 is 1.85 bits per heavy atom. The standard InChI is InChI=1S/C30H35ClF3N5O/c1-18-14-22(5-7-27(18)31)39-29(35-19(2)36-39)20-8-11-38(12-9-20)30(40)26-17-23(37(3)13-10-32)16-25(26)24-6-4-21(33)15-28(24)34/h4-7,14-15,20,23,25-26H,8-13,16-17H2,1-3H3. The van der Waals surface area contributed by atoms with E-state index in [1.54, 1.807) is 0 Å². The molecule has 40 heavy (non-hydrogen) atoms. The average molecular weight is 574 g/mol. The van der Waals surface area contributed by atoms with Crippen molar-refractivity contribution in [3.05, 3.63) is 75.8 Å². The number of hydrogen-bond acceptors (Lipinski definition) is 4. The van der Waals surface area contributed by atoms with E-state index < -0.39 is 30.1 Å². The number of aryl methyl sites for hydroxylation is 2. The number of hydrogen-bond donors (Lipinski definition) is 0. The summed E-state index contributed by atoms with van der Waals surface area (Å²) in [6.07, 6.45) is 2.49. The van der Waals surface area contributed by atoms with Gasteiger partial charge in [0.2, 0.25) is 5.91 Å².